The van der Waals surface area contributed by atoms with Gasteiger partial charge in [-0.2, -0.15) is 0 Å². The second kappa shape index (κ2) is 10.9. The predicted octanol–water partition coefficient (Wildman–Crippen LogP) is 3.17. The van der Waals surface area contributed by atoms with E-state index in [9.17, 15) is 14.4 Å². The zero-order valence-electron chi connectivity index (χ0n) is 20.3. The first-order chi connectivity index (χ1) is 16.8. The molecule has 0 unspecified atom stereocenters. The maximum absolute atomic E-state index is 13.3. The number of carbonyl (C=O) groups excluding carboxylic acids is 2. The second-order valence-electron chi connectivity index (χ2n) is 9.54. The predicted molar refractivity (Wildman–Crippen MR) is 132 cm³/mol. The highest BCUT2D eigenvalue weighted by Gasteiger charge is 2.32. The van der Waals surface area contributed by atoms with Crippen LogP contribution in [-0.2, 0) is 14.3 Å². The zero-order chi connectivity index (χ0) is 24.9. The van der Waals surface area contributed by atoms with E-state index < -0.39 is 18.1 Å². The Morgan fingerprint density at radius 1 is 0.971 bits per heavy atom. The van der Waals surface area contributed by atoms with Crippen molar-refractivity contribution in [2.45, 2.75) is 32.2 Å². The number of nitrogens with zero attached hydrogens (tertiary/aromatic N) is 2. The van der Waals surface area contributed by atoms with Gasteiger partial charge in [-0.1, -0.05) is 62.4 Å². The molecule has 2 amide bonds. The van der Waals surface area contributed by atoms with E-state index in [0.29, 0.717) is 32.6 Å². The third kappa shape index (κ3) is 5.65. The summed E-state index contributed by atoms with van der Waals surface area (Å²) in [5.41, 5.74) is 4.58. The van der Waals surface area contributed by atoms with E-state index in [1.807, 2.05) is 43.0 Å². The minimum Gasteiger partial charge on any atom is -0.480 e. The van der Waals surface area contributed by atoms with Crippen LogP contribution in [0.1, 0.15) is 37.3 Å². The molecule has 1 heterocycles. The normalized spacial score (nSPS) is 16.8. The van der Waals surface area contributed by atoms with Crippen LogP contribution in [0, 0.1) is 5.92 Å². The first-order valence-electron chi connectivity index (χ1n) is 12.2. The van der Waals surface area contributed by atoms with Crippen molar-refractivity contribution in [3.05, 3.63) is 59.7 Å². The molecule has 35 heavy (non-hydrogen) atoms. The maximum atomic E-state index is 13.3. The number of carboxylic acid groups (broad SMARTS) is 1. The molecule has 2 N–H and O–H groups in total. The molecule has 186 valence electrons. The molecule has 1 saturated heterocycles. The van der Waals surface area contributed by atoms with E-state index in [0.717, 1.165) is 22.3 Å². The first kappa shape index (κ1) is 24.7. The Bertz CT molecular complexity index is 1040. The molecule has 0 spiro atoms. The SMILES string of the molecule is CC(C)[C@@H](NC(=O)OCC1c2ccccc2-c2ccccc21)C(=O)N1CCCN(CC(=O)O)CC1. The molecule has 4 rings (SSSR count). The Morgan fingerprint density at radius 2 is 1.60 bits per heavy atom. The number of aliphatic carboxylic acids is 1. The topological polar surface area (TPSA) is 99.2 Å². The molecule has 1 aliphatic heterocycles. The Labute approximate surface area is 205 Å². The lowest BCUT2D eigenvalue weighted by Crippen LogP contribution is -2.52. The summed E-state index contributed by atoms with van der Waals surface area (Å²) >= 11 is 0. The van der Waals surface area contributed by atoms with Gasteiger partial charge in [-0.05, 0) is 34.6 Å². The summed E-state index contributed by atoms with van der Waals surface area (Å²) in [6.45, 7) is 6.02. The van der Waals surface area contributed by atoms with Crippen LogP contribution < -0.4 is 5.32 Å². The van der Waals surface area contributed by atoms with Crippen molar-refractivity contribution in [1.82, 2.24) is 15.1 Å². The van der Waals surface area contributed by atoms with Crippen LogP contribution in [0.5, 0.6) is 0 Å². The summed E-state index contributed by atoms with van der Waals surface area (Å²) in [5.74, 6) is -1.21. The van der Waals surface area contributed by atoms with Crippen molar-refractivity contribution in [3.63, 3.8) is 0 Å². The van der Waals surface area contributed by atoms with Crippen molar-refractivity contribution in [1.29, 1.82) is 0 Å². The lowest BCUT2D eigenvalue weighted by Gasteiger charge is -2.29. The molecule has 1 atom stereocenters. The van der Waals surface area contributed by atoms with Crippen LogP contribution in [0.4, 0.5) is 4.79 Å². The van der Waals surface area contributed by atoms with Gasteiger partial charge in [0, 0.05) is 32.1 Å². The molecule has 8 nitrogen and oxygen atoms in total. The van der Waals surface area contributed by atoms with Gasteiger partial charge < -0.3 is 20.1 Å². The van der Waals surface area contributed by atoms with Gasteiger partial charge in [0.25, 0.3) is 0 Å². The number of hydrogen-bond acceptors (Lipinski definition) is 5. The van der Waals surface area contributed by atoms with E-state index in [1.54, 1.807) is 4.90 Å². The molecule has 1 aliphatic carbocycles. The molecular weight excluding hydrogens is 446 g/mol. The number of ether oxygens (including phenoxy) is 1. The highest BCUT2D eigenvalue weighted by Crippen LogP contribution is 2.44. The molecule has 0 bridgehead atoms. The van der Waals surface area contributed by atoms with Crippen LogP contribution in [-0.4, -0.2) is 78.2 Å². The lowest BCUT2D eigenvalue weighted by atomic mass is 9.98. The van der Waals surface area contributed by atoms with E-state index in [1.165, 1.54) is 0 Å². The Kier molecular flexibility index (Phi) is 7.70. The fourth-order valence-corrected chi connectivity index (χ4v) is 5.02. The fraction of sp³-hybridized carbons (Fsp3) is 0.444. The van der Waals surface area contributed by atoms with Gasteiger partial charge >= 0.3 is 12.1 Å². The maximum Gasteiger partial charge on any atom is 0.407 e. The molecule has 2 aromatic rings. The van der Waals surface area contributed by atoms with E-state index in [-0.39, 0.29) is 30.9 Å². The van der Waals surface area contributed by atoms with Gasteiger partial charge in [-0.3, -0.25) is 14.5 Å². The van der Waals surface area contributed by atoms with Crippen LogP contribution in [0.15, 0.2) is 48.5 Å². The summed E-state index contributed by atoms with van der Waals surface area (Å²) in [7, 11) is 0. The molecule has 0 radical (unpaired) electrons. The number of carbonyl (C=O) groups is 3. The zero-order valence-corrected chi connectivity index (χ0v) is 20.3. The van der Waals surface area contributed by atoms with Crippen LogP contribution in [0.25, 0.3) is 11.1 Å². The van der Waals surface area contributed by atoms with E-state index >= 15 is 0 Å². The Balaban J connectivity index is 1.37. The number of alkyl carbamates (subject to hydrolysis) is 1. The van der Waals surface area contributed by atoms with E-state index in [4.69, 9.17) is 9.84 Å². The van der Waals surface area contributed by atoms with Crippen molar-refractivity contribution in [2.75, 3.05) is 39.3 Å². The Morgan fingerprint density at radius 3 is 2.20 bits per heavy atom. The van der Waals surface area contributed by atoms with Gasteiger partial charge in [0.05, 0.1) is 6.54 Å². The van der Waals surface area contributed by atoms with Crippen molar-refractivity contribution in [3.8, 4) is 11.1 Å². The standard InChI is InChI=1S/C27H33N3O5/c1-18(2)25(26(33)30-13-7-12-29(14-15-30)16-24(31)32)28-27(34)35-17-23-21-10-5-3-8-19(21)20-9-4-6-11-22(20)23/h3-6,8-11,18,23,25H,7,12-17H2,1-2H3,(H,28,34)(H,31,32)/t25-/m1/s1. The quantitative estimate of drug-likeness (QED) is 0.633. The first-order valence-corrected chi connectivity index (χ1v) is 12.2. The van der Waals surface area contributed by atoms with Gasteiger partial charge in [0.15, 0.2) is 0 Å². The number of hydrogen-bond donors (Lipinski definition) is 2. The molecule has 0 saturated carbocycles. The van der Waals surface area contributed by atoms with Crippen LogP contribution in [0.3, 0.4) is 0 Å². The van der Waals surface area contributed by atoms with Crippen molar-refractivity contribution < 1.29 is 24.2 Å². The highest BCUT2D eigenvalue weighted by atomic mass is 16.5. The number of fused-ring (bicyclic) bond motifs is 3. The number of amides is 2. The molecule has 0 aromatic heterocycles. The second-order valence-corrected chi connectivity index (χ2v) is 9.54. The smallest absolute Gasteiger partial charge is 0.407 e. The number of benzene rings is 2. The van der Waals surface area contributed by atoms with Gasteiger partial charge in [0.1, 0.15) is 12.6 Å². The Hall–Kier alpha value is -3.39. The van der Waals surface area contributed by atoms with Gasteiger partial charge in [-0.15, -0.1) is 0 Å². The van der Waals surface area contributed by atoms with Crippen LogP contribution >= 0.6 is 0 Å². The molecule has 1 fully saturated rings. The number of nitrogens with one attached hydrogen (secondary N) is 1. The highest BCUT2D eigenvalue weighted by molar-refractivity contribution is 5.86. The third-order valence-corrected chi connectivity index (χ3v) is 6.81. The largest absolute Gasteiger partial charge is 0.480 e. The third-order valence-electron chi connectivity index (χ3n) is 6.81. The van der Waals surface area contributed by atoms with Crippen molar-refractivity contribution >= 4 is 18.0 Å². The van der Waals surface area contributed by atoms with Gasteiger partial charge in [-0.25, -0.2) is 4.79 Å². The minimum atomic E-state index is -0.873. The summed E-state index contributed by atoms with van der Waals surface area (Å²) in [6, 6.07) is 15.6. The van der Waals surface area contributed by atoms with Gasteiger partial charge in [0.2, 0.25) is 5.91 Å². The lowest BCUT2D eigenvalue weighted by molar-refractivity contribution is -0.138. The number of rotatable bonds is 7. The molecular formula is C27H33N3O5. The van der Waals surface area contributed by atoms with Crippen LogP contribution in [0.2, 0.25) is 0 Å². The summed E-state index contributed by atoms with van der Waals surface area (Å²) in [4.78, 5) is 40.6. The average Bonchev–Trinajstić information content (AvgIpc) is 2.97. The molecule has 2 aromatic carbocycles. The monoisotopic (exact) mass is 479 g/mol. The summed E-state index contributed by atoms with van der Waals surface area (Å²) < 4.78 is 5.65. The summed E-state index contributed by atoms with van der Waals surface area (Å²) in [5, 5.41) is 11.8. The molecule has 8 heteroatoms. The molecule has 2 aliphatic rings. The van der Waals surface area contributed by atoms with E-state index in [2.05, 4.69) is 29.6 Å². The average molecular weight is 480 g/mol. The fourth-order valence-electron chi connectivity index (χ4n) is 5.02. The summed E-state index contributed by atoms with van der Waals surface area (Å²) in [6.07, 6.45) is 0.0793. The number of carboxylic acids is 1. The van der Waals surface area contributed by atoms with Crippen molar-refractivity contribution in [2.24, 2.45) is 5.92 Å². The minimum absolute atomic E-state index is 0.0341.